The third kappa shape index (κ3) is 4.70. The Morgan fingerprint density at radius 3 is 2.65 bits per heavy atom. The van der Waals surface area contributed by atoms with Gasteiger partial charge in [-0.25, -0.2) is 4.79 Å². The molecule has 0 aromatic rings. The van der Waals surface area contributed by atoms with Crippen LogP contribution >= 0.6 is 0 Å². The van der Waals surface area contributed by atoms with Crippen LogP contribution < -0.4 is 5.32 Å². The highest BCUT2D eigenvalue weighted by atomic mass is 16.6. The fourth-order valence-corrected chi connectivity index (χ4v) is 1.81. The highest BCUT2D eigenvalue weighted by Gasteiger charge is 2.29. The summed E-state index contributed by atoms with van der Waals surface area (Å²) in [5.41, 5.74) is 0. The number of methoxy groups -OCH3 is 2. The molecule has 2 unspecified atom stereocenters. The molecule has 1 heterocycles. The van der Waals surface area contributed by atoms with Crippen molar-refractivity contribution in [3.05, 3.63) is 0 Å². The van der Waals surface area contributed by atoms with Crippen LogP contribution in [0, 0.1) is 0 Å². The van der Waals surface area contributed by atoms with Gasteiger partial charge in [-0.05, 0) is 19.3 Å². The van der Waals surface area contributed by atoms with E-state index in [1.165, 1.54) is 14.2 Å². The SMILES string of the molecule is COC(=O)COCCC1CCC(C(=O)OC)N1. The number of hydrogen-bond donors (Lipinski definition) is 1. The summed E-state index contributed by atoms with van der Waals surface area (Å²) in [4.78, 5) is 22.0. The first-order valence-electron chi connectivity index (χ1n) is 5.65. The van der Waals surface area contributed by atoms with Crippen molar-refractivity contribution in [3.63, 3.8) is 0 Å². The molecule has 1 aliphatic heterocycles. The molecule has 0 aromatic carbocycles. The zero-order chi connectivity index (χ0) is 12.7. The minimum absolute atomic E-state index is 0.0242. The van der Waals surface area contributed by atoms with Crippen molar-refractivity contribution < 1.29 is 23.8 Å². The van der Waals surface area contributed by atoms with Gasteiger partial charge in [-0.3, -0.25) is 4.79 Å². The van der Waals surface area contributed by atoms with Crippen molar-refractivity contribution in [2.24, 2.45) is 0 Å². The van der Waals surface area contributed by atoms with Gasteiger partial charge in [0.2, 0.25) is 0 Å². The number of nitrogens with one attached hydrogen (secondary N) is 1. The van der Waals surface area contributed by atoms with Gasteiger partial charge in [-0.15, -0.1) is 0 Å². The zero-order valence-electron chi connectivity index (χ0n) is 10.2. The average Bonchev–Trinajstić information content (AvgIpc) is 2.82. The topological polar surface area (TPSA) is 73.9 Å². The lowest BCUT2D eigenvalue weighted by Gasteiger charge is -2.12. The van der Waals surface area contributed by atoms with Crippen molar-refractivity contribution in [2.75, 3.05) is 27.4 Å². The predicted molar refractivity (Wildman–Crippen MR) is 59.4 cm³/mol. The van der Waals surface area contributed by atoms with Gasteiger partial charge in [-0.1, -0.05) is 0 Å². The smallest absolute Gasteiger partial charge is 0.331 e. The Hall–Kier alpha value is -1.14. The van der Waals surface area contributed by atoms with E-state index >= 15 is 0 Å². The largest absolute Gasteiger partial charge is 0.468 e. The third-order valence-electron chi connectivity index (χ3n) is 2.78. The molecule has 0 bridgehead atoms. The Balaban J connectivity index is 2.10. The van der Waals surface area contributed by atoms with Crippen LogP contribution in [0.1, 0.15) is 19.3 Å². The van der Waals surface area contributed by atoms with E-state index in [9.17, 15) is 9.59 Å². The summed E-state index contributed by atoms with van der Waals surface area (Å²) in [6.45, 7) is 0.449. The van der Waals surface area contributed by atoms with E-state index in [0.29, 0.717) is 6.61 Å². The van der Waals surface area contributed by atoms with E-state index in [-0.39, 0.29) is 30.6 Å². The summed E-state index contributed by atoms with van der Waals surface area (Å²) in [6.07, 6.45) is 2.47. The molecule has 1 aliphatic rings. The van der Waals surface area contributed by atoms with Gasteiger partial charge in [0.1, 0.15) is 12.6 Å². The standard InChI is InChI=1S/C11H19NO5/c1-15-10(13)7-17-6-5-8-3-4-9(12-8)11(14)16-2/h8-9,12H,3-7H2,1-2H3. The second kappa shape index (κ2) is 7.24. The highest BCUT2D eigenvalue weighted by molar-refractivity contribution is 5.76. The van der Waals surface area contributed by atoms with Crippen LogP contribution in [0.15, 0.2) is 0 Å². The first kappa shape index (κ1) is 13.9. The Morgan fingerprint density at radius 1 is 1.24 bits per heavy atom. The monoisotopic (exact) mass is 245 g/mol. The molecule has 6 heteroatoms. The number of ether oxygens (including phenoxy) is 3. The fraction of sp³-hybridized carbons (Fsp3) is 0.818. The summed E-state index contributed by atoms with van der Waals surface area (Å²) >= 11 is 0. The van der Waals surface area contributed by atoms with Crippen LogP contribution in [0.2, 0.25) is 0 Å². The minimum Gasteiger partial charge on any atom is -0.468 e. The van der Waals surface area contributed by atoms with Gasteiger partial charge in [-0.2, -0.15) is 0 Å². The van der Waals surface area contributed by atoms with Gasteiger partial charge in [0.25, 0.3) is 0 Å². The Labute approximate surface area is 101 Å². The molecule has 2 atom stereocenters. The van der Waals surface area contributed by atoms with Crippen LogP contribution in [-0.2, 0) is 23.8 Å². The van der Waals surface area contributed by atoms with Crippen molar-refractivity contribution >= 4 is 11.9 Å². The summed E-state index contributed by atoms with van der Waals surface area (Å²) in [6, 6.07) is 0.0438. The number of rotatable bonds is 6. The molecule has 1 N–H and O–H groups in total. The highest BCUT2D eigenvalue weighted by Crippen LogP contribution is 2.15. The van der Waals surface area contributed by atoms with Crippen molar-refractivity contribution in [1.29, 1.82) is 0 Å². The molecule has 0 saturated carbocycles. The summed E-state index contributed by atoms with van der Waals surface area (Å²) in [5, 5.41) is 3.17. The third-order valence-corrected chi connectivity index (χ3v) is 2.78. The van der Waals surface area contributed by atoms with Crippen LogP contribution in [-0.4, -0.2) is 51.5 Å². The van der Waals surface area contributed by atoms with Crippen molar-refractivity contribution in [2.45, 2.75) is 31.3 Å². The van der Waals surface area contributed by atoms with E-state index in [0.717, 1.165) is 19.3 Å². The van der Waals surface area contributed by atoms with Gasteiger partial charge in [0.05, 0.1) is 14.2 Å². The first-order chi connectivity index (χ1) is 8.17. The normalized spacial score (nSPS) is 23.4. The second-order valence-electron chi connectivity index (χ2n) is 3.93. The van der Waals surface area contributed by atoms with Crippen LogP contribution in [0.3, 0.4) is 0 Å². The number of hydrogen-bond acceptors (Lipinski definition) is 6. The van der Waals surface area contributed by atoms with Crippen molar-refractivity contribution in [3.8, 4) is 0 Å². The Bertz CT molecular complexity index is 269. The minimum atomic E-state index is -0.378. The van der Waals surface area contributed by atoms with Crippen molar-refractivity contribution in [1.82, 2.24) is 5.32 Å². The summed E-state index contributed by atoms with van der Waals surface area (Å²) < 4.78 is 14.2. The second-order valence-corrected chi connectivity index (χ2v) is 3.93. The molecule has 0 radical (unpaired) electrons. The molecule has 1 fully saturated rings. The lowest BCUT2D eigenvalue weighted by Crippen LogP contribution is -2.36. The molecule has 0 amide bonds. The lowest BCUT2D eigenvalue weighted by molar-refractivity contribution is -0.146. The lowest BCUT2D eigenvalue weighted by atomic mass is 10.1. The van der Waals surface area contributed by atoms with Gasteiger partial charge < -0.3 is 19.5 Å². The molecule has 1 rings (SSSR count). The maximum atomic E-state index is 11.2. The number of carbonyl (C=O) groups excluding carboxylic acids is 2. The average molecular weight is 245 g/mol. The fourth-order valence-electron chi connectivity index (χ4n) is 1.81. The van der Waals surface area contributed by atoms with Gasteiger partial charge in [0, 0.05) is 12.6 Å². The molecule has 17 heavy (non-hydrogen) atoms. The Morgan fingerprint density at radius 2 is 2.00 bits per heavy atom. The summed E-state index contributed by atoms with van der Waals surface area (Å²) in [7, 11) is 2.71. The molecule has 0 aromatic heterocycles. The number of esters is 2. The molecule has 0 aliphatic carbocycles. The van der Waals surface area contributed by atoms with Gasteiger partial charge >= 0.3 is 11.9 Å². The maximum Gasteiger partial charge on any atom is 0.331 e. The van der Waals surface area contributed by atoms with E-state index in [4.69, 9.17) is 4.74 Å². The molecular formula is C11H19NO5. The van der Waals surface area contributed by atoms with E-state index in [1.54, 1.807) is 0 Å². The molecule has 98 valence electrons. The molecule has 0 spiro atoms. The van der Waals surface area contributed by atoms with E-state index < -0.39 is 0 Å². The number of carbonyl (C=O) groups is 2. The van der Waals surface area contributed by atoms with E-state index in [1.807, 2.05) is 0 Å². The molecule has 1 saturated heterocycles. The van der Waals surface area contributed by atoms with Crippen LogP contribution in [0.25, 0.3) is 0 Å². The quantitative estimate of drug-likeness (QED) is 0.518. The molecular weight excluding hydrogens is 226 g/mol. The zero-order valence-corrected chi connectivity index (χ0v) is 10.2. The Kier molecular flexibility index (Phi) is 5.93. The van der Waals surface area contributed by atoms with Gasteiger partial charge in [0.15, 0.2) is 0 Å². The summed E-state index contributed by atoms with van der Waals surface area (Å²) in [5.74, 6) is -0.597. The van der Waals surface area contributed by atoms with Crippen LogP contribution in [0.5, 0.6) is 0 Å². The predicted octanol–water partition coefficient (Wildman–Crippen LogP) is -0.140. The van der Waals surface area contributed by atoms with Crippen LogP contribution in [0.4, 0.5) is 0 Å². The first-order valence-corrected chi connectivity index (χ1v) is 5.65. The molecule has 6 nitrogen and oxygen atoms in total. The van der Waals surface area contributed by atoms with E-state index in [2.05, 4.69) is 14.8 Å². The maximum absolute atomic E-state index is 11.2.